The van der Waals surface area contributed by atoms with E-state index in [1.807, 2.05) is 0 Å². The Morgan fingerprint density at radius 3 is 2.84 bits per heavy atom. The Bertz CT molecular complexity index is 461. The van der Waals surface area contributed by atoms with E-state index in [0.29, 0.717) is 12.5 Å². The molecule has 0 aliphatic carbocycles. The van der Waals surface area contributed by atoms with Gasteiger partial charge in [0.25, 0.3) is 5.91 Å². The number of nitrogens with one attached hydrogen (secondary N) is 1. The summed E-state index contributed by atoms with van der Waals surface area (Å²) in [5.74, 6) is -0.270. The maximum absolute atomic E-state index is 13.4. The molecule has 5 heteroatoms. The third kappa shape index (κ3) is 3.45. The van der Waals surface area contributed by atoms with Gasteiger partial charge in [-0.15, -0.1) is 0 Å². The van der Waals surface area contributed by atoms with Crippen LogP contribution in [-0.2, 0) is 0 Å². The lowest BCUT2D eigenvalue weighted by Gasteiger charge is -2.27. The number of carbonyl (C=O) groups excluding carboxylic acids is 1. The first-order valence-corrected chi connectivity index (χ1v) is 6.87. The van der Waals surface area contributed by atoms with E-state index >= 15 is 0 Å². The standard InChI is InChI=1S/C14H18ClFN2O/c1-18(9-10-5-7-17-8-6-10)14(19)11-3-2-4-12(16)13(11)15/h2-4,10,17H,5-9H2,1H3. The Balaban J connectivity index is 2.03. The van der Waals surface area contributed by atoms with Gasteiger partial charge in [-0.1, -0.05) is 17.7 Å². The van der Waals surface area contributed by atoms with Gasteiger partial charge in [0.2, 0.25) is 0 Å². The van der Waals surface area contributed by atoms with Gasteiger partial charge in [0.15, 0.2) is 0 Å². The van der Waals surface area contributed by atoms with E-state index in [1.54, 1.807) is 18.0 Å². The Morgan fingerprint density at radius 1 is 1.47 bits per heavy atom. The van der Waals surface area contributed by atoms with Crippen molar-refractivity contribution in [3.63, 3.8) is 0 Å². The Morgan fingerprint density at radius 2 is 2.16 bits per heavy atom. The van der Waals surface area contributed by atoms with Crippen molar-refractivity contribution >= 4 is 17.5 Å². The fraction of sp³-hybridized carbons (Fsp3) is 0.500. The molecule has 1 amide bonds. The average molecular weight is 285 g/mol. The van der Waals surface area contributed by atoms with E-state index in [-0.39, 0.29) is 16.5 Å². The number of hydrogen-bond acceptors (Lipinski definition) is 2. The van der Waals surface area contributed by atoms with E-state index in [9.17, 15) is 9.18 Å². The molecular weight excluding hydrogens is 267 g/mol. The number of piperidine rings is 1. The van der Waals surface area contributed by atoms with Crippen LogP contribution in [0.15, 0.2) is 18.2 Å². The number of amides is 1. The normalized spacial score (nSPS) is 16.4. The molecule has 19 heavy (non-hydrogen) atoms. The van der Waals surface area contributed by atoms with Gasteiger partial charge in [-0.25, -0.2) is 4.39 Å². The SMILES string of the molecule is CN(CC1CCNCC1)C(=O)c1cccc(F)c1Cl. The summed E-state index contributed by atoms with van der Waals surface area (Å²) in [6.45, 7) is 2.67. The quantitative estimate of drug-likeness (QED) is 0.925. The molecule has 1 aliphatic rings. The van der Waals surface area contributed by atoms with Crippen molar-refractivity contribution in [2.24, 2.45) is 5.92 Å². The highest BCUT2D eigenvalue weighted by atomic mass is 35.5. The van der Waals surface area contributed by atoms with Gasteiger partial charge < -0.3 is 10.2 Å². The van der Waals surface area contributed by atoms with Crippen molar-refractivity contribution in [2.75, 3.05) is 26.7 Å². The van der Waals surface area contributed by atoms with Crippen LogP contribution in [-0.4, -0.2) is 37.5 Å². The summed E-state index contributed by atoms with van der Waals surface area (Å²) in [5, 5.41) is 3.20. The van der Waals surface area contributed by atoms with Gasteiger partial charge in [-0.05, 0) is 44.0 Å². The van der Waals surface area contributed by atoms with Crippen molar-refractivity contribution in [3.8, 4) is 0 Å². The number of nitrogens with zero attached hydrogens (tertiary/aromatic N) is 1. The van der Waals surface area contributed by atoms with Crippen LogP contribution >= 0.6 is 11.6 Å². The number of carbonyl (C=O) groups is 1. The van der Waals surface area contributed by atoms with Crippen LogP contribution in [0.2, 0.25) is 5.02 Å². The largest absolute Gasteiger partial charge is 0.341 e. The van der Waals surface area contributed by atoms with Gasteiger partial charge in [0.05, 0.1) is 10.6 Å². The third-order valence-electron chi connectivity index (χ3n) is 3.52. The number of benzene rings is 1. The molecule has 3 nitrogen and oxygen atoms in total. The smallest absolute Gasteiger partial charge is 0.255 e. The van der Waals surface area contributed by atoms with Gasteiger partial charge in [-0.2, -0.15) is 0 Å². The van der Waals surface area contributed by atoms with Gasteiger partial charge in [0.1, 0.15) is 5.82 Å². The summed E-state index contributed by atoms with van der Waals surface area (Å²) in [6, 6.07) is 4.32. The van der Waals surface area contributed by atoms with E-state index < -0.39 is 5.82 Å². The van der Waals surface area contributed by atoms with E-state index in [0.717, 1.165) is 25.9 Å². The number of halogens is 2. The van der Waals surface area contributed by atoms with Crippen LogP contribution in [0.25, 0.3) is 0 Å². The predicted octanol–water partition coefficient (Wildman–Crippen LogP) is 2.55. The molecule has 0 saturated carbocycles. The third-order valence-corrected chi connectivity index (χ3v) is 3.90. The molecule has 0 unspecified atom stereocenters. The molecule has 0 aromatic heterocycles. The summed E-state index contributed by atoms with van der Waals surface area (Å²) in [7, 11) is 1.74. The van der Waals surface area contributed by atoms with Gasteiger partial charge in [0, 0.05) is 13.6 Å². The summed E-state index contributed by atoms with van der Waals surface area (Å²) in [5.41, 5.74) is 0.234. The van der Waals surface area contributed by atoms with Crippen LogP contribution in [0.4, 0.5) is 4.39 Å². The lowest BCUT2D eigenvalue weighted by molar-refractivity contribution is 0.0762. The first-order chi connectivity index (χ1) is 9.09. The highest BCUT2D eigenvalue weighted by Crippen LogP contribution is 2.22. The molecule has 1 aromatic carbocycles. The molecule has 104 valence electrons. The lowest BCUT2D eigenvalue weighted by Crippen LogP contribution is -2.37. The van der Waals surface area contributed by atoms with Crippen LogP contribution in [0.1, 0.15) is 23.2 Å². The molecule has 2 rings (SSSR count). The zero-order valence-corrected chi connectivity index (χ0v) is 11.7. The highest BCUT2D eigenvalue weighted by Gasteiger charge is 2.21. The fourth-order valence-corrected chi connectivity index (χ4v) is 2.62. The summed E-state index contributed by atoms with van der Waals surface area (Å²) in [6.07, 6.45) is 2.13. The summed E-state index contributed by atoms with van der Waals surface area (Å²) in [4.78, 5) is 13.9. The Labute approximate surface area is 117 Å². The molecule has 0 bridgehead atoms. The molecule has 0 radical (unpaired) electrons. The second kappa shape index (κ2) is 6.35. The minimum atomic E-state index is -0.553. The van der Waals surface area contributed by atoms with Crippen molar-refractivity contribution in [2.45, 2.75) is 12.8 Å². The Kier molecular flexibility index (Phi) is 4.77. The van der Waals surface area contributed by atoms with Gasteiger partial charge >= 0.3 is 0 Å². The minimum absolute atomic E-state index is 0.0929. The summed E-state index contributed by atoms with van der Waals surface area (Å²) < 4.78 is 13.4. The van der Waals surface area contributed by atoms with Crippen molar-refractivity contribution in [3.05, 3.63) is 34.6 Å². The summed E-state index contributed by atoms with van der Waals surface area (Å²) >= 11 is 5.84. The molecule has 1 aromatic rings. The second-order valence-electron chi connectivity index (χ2n) is 4.98. The molecule has 1 saturated heterocycles. The van der Waals surface area contributed by atoms with Crippen LogP contribution in [0.3, 0.4) is 0 Å². The monoisotopic (exact) mass is 284 g/mol. The Hall–Kier alpha value is -1.13. The molecule has 1 heterocycles. The predicted molar refractivity (Wildman–Crippen MR) is 74.0 cm³/mol. The first-order valence-electron chi connectivity index (χ1n) is 6.50. The zero-order valence-electron chi connectivity index (χ0n) is 11.0. The highest BCUT2D eigenvalue weighted by molar-refractivity contribution is 6.33. The molecular formula is C14H18ClFN2O. The van der Waals surface area contributed by atoms with Crippen molar-refractivity contribution in [1.29, 1.82) is 0 Å². The molecule has 0 atom stereocenters. The molecule has 1 fully saturated rings. The first kappa shape index (κ1) is 14.3. The molecule has 1 aliphatic heterocycles. The van der Waals surface area contributed by atoms with Crippen LogP contribution in [0.5, 0.6) is 0 Å². The zero-order chi connectivity index (χ0) is 13.8. The van der Waals surface area contributed by atoms with E-state index in [1.165, 1.54) is 12.1 Å². The topological polar surface area (TPSA) is 32.3 Å². The lowest BCUT2D eigenvalue weighted by atomic mass is 9.97. The van der Waals surface area contributed by atoms with Crippen molar-refractivity contribution in [1.82, 2.24) is 10.2 Å². The maximum atomic E-state index is 13.4. The molecule has 0 spiro atoms. The fourth-order valence-electron chi connectivity index (χ4n) is 2.41. The average Bonchev–Trinajstić information content (AvgIpc) is 2.42. The van der Waals surface area contributed by atoms with Crippen molar-refractivity contribution < 1.29 is 9.18 Å². The molecule has 1 N–H and O–H groups in total. The van der Waals surface area contributed by atoms with Gasteiger partial charge in [-0.3, -0.25) is 4.79 Å². The van der Waals surface area contributed by atoms with Crippen LogP contribution in [0, 0.1) is 11.7 Å². The second-order valence-corrected chi connectivity index (χ2v) is 5.36. The number of hydrogen-bond donors (Lipinski definition) is 1. The van der Waals surface area contributed by atoms with E-state index in [4.69, 9.17) is 11.6 Å². The minimum Gasteiger partial charge on any atom is -0.341 e. The maximum Gasteiger partial charge on any atom is 0.255 e. The number of rotatable bonds is 3. The van der Waals surface area contributed by atoms with E-state index in [2.05, 4.69) is 5.32 Å². The van der Waals surface area contributed by atoms with Crippen LogP contribution < -0.4 is 5.32 Å².